The smallest absolute Gasteiger partial charge is 0.416 e. The summed E-state index contributed by atoms with van der Waals surface area (Å²) in [4.78, 5) is 32.0. The van der Waals surface area contributed by atoms with E-state index >= 15 is 0 Å². The monoisotopic (exact) mass is 488 g/mol. The van der Waals surface area contributed by atoms with Crippen molar-refractivity contribution in [1.82, 2.24) is 15.0 Å². The lowest BCUT2D eigenvalue weighted by Gasteiger charge is -2.36. The molecular formula is C24H23F3N4O4. The lowest BCUT2D eigenvalue weighted by Crippen LogP contribution is -2.50. The summed E-state index contributed by atoms with van der Waals surface area (Å²) >= 11 is 0. The maximum atomic E-state index is 13.0. The summed E-state index contributed by atoms with van der Waals surface area (Å²) in [6.07, 6.45) is -4.25. The molecule has 35 heavy (non-hydrogen) atoms. The molecule has 2 aromatic carbocycles. The van der Waals surface area contributed by atoms with Crippen molar-refractivity contribution in [3.8, 4) is 11.4 Å². The number of halogens is 3. The van der Waals surface area contributed by atoms with Crippen LogP contribution in [0.5, 0.6) is 0 Å². The fourth-order valence-electron chi connectivity index (χ4n) is 3.67. The van der Waals surface area contributed by atoms with E-state index in [9.17, 15) is 22.8 Å². The first-order valence-electron chi connectivity index (χ1n) is 11.0. The summed E-state index contributed by atoms with van der Waals surface area (Å²) < 4.78 is 49.1. The molecule has 0 saturated carbocycles. The highest BCUT2D eigenvalue weighted by molar-refractivity contribution is 5.81. The molecule has 1 aromatic heterocycles. The number of nitrogens with zero attached hydrogens (tertiary/aromatic N) is 4. The first-order chi connectivity index (χ1) is 16.8. The summed E-state index contributed by atoms with van der Waals surface area (Å²) in [7, 11) is 0. The van der Waals surface area contributed by atoms with Crippen molar-refractivity contribution in [2.45, 2.75) is 19.0 Å². The van der Waals surface area contributed by atoms with Crippen LogP contribution in [0.3, 0.4) is 0 Å². The number of carbonyl (C=O) groups is 2. The van der Waals surface area contributed by atoms with Crippen LogP contribution in [0.1, 0.15) is 17.9 Å². The molecule has 1 amide bonds. The molecule has 1 aliphatic rings. The van der Waals surface area contributed by atoms with E-state index in [-0.39, 0.29) is 24.6 Å². The molecular weight excluding hydrogens is 465 g/mol. The first-order valence-corrected chi connectivity index (χ1v) is 11.0. The Morgan fingerprint density at radius 3 is 2.46 bits per heavy atom. The van der Waals surface area contributed by atoms with E-state index in [1.807, 2.05) is 30.3 Å². The van der Waals surface area contributed by atoms with Crippen LogP contribution in [0.4, 0.5) is 18.9 Å². The van der Waals surface area contributed by atoms with Crippen molar-refractivity contribution in [2.24, 2.45) is 0 Å². The Labute approximate surface area is 199 Å². The number of amides is 1. The van der Waals surface area contributed by atoms with Crippen LogP contribution in [-0.2, 0) is 26.9 Å². The number of aromatic nitrogens is 2. The first kappa shape index (κ1) is 24.2. The van der Waals surface area contributed by atoms with Gasteiger partial charge in [-0.05, 0) is 18.2 Å². The Kier molecular flexibility index (Phi) is 7.33. The summed E-state index contributed by atoms with van der Waals surface area (Å²) in [6.45, 7) is 0.985. The molecule has 0 N–H and O–H groups in total. The number of piperazine rings is 1. The van der Waals surface area contributed by atoms with Crippen molar-refractivity contribution in [3.63, 3.8) is 0 Å². The van der Waals surface area contributed by atoms with Crippen LogP contribution in [0.25, 0.3) is 11.4 Å². The lowest BCUT2D eigenvalue weighted by molar-refractivity contribution is -0.152. The van der Waals surface area contributed by atoms with Crippen LogP contribution >= 0.6 is 0 Å². The molecule has 1 fully saturated rings. The van der Waals surface area contributed by atoms with Gasteiger partial charge in [-0.25, -0.2) is 0 Å². The molecule has 0 bridgehead atoms. The zero-order valence-electron chi connectivity index (χ0n) is 18.7. The summed E-state index contributed by atoms with van der Waals surface area (Å²) in [6, 6.07) is 14.4. The Bertz CT molecular complexity index is 1160. The zero-order chi connectivity index (χ0) is 24.8. The molecule has 1 aliphatic heterocycles. The standard InChI is InChI=1S/C24H23F3N4O4/c25-24(26,27)18-7-4-8-19(15-18)30-11-13-31(14-12-30)21(32)16-34-22(33)10-9-20-28-23(29-35-20)17-5-2-1-3-6-17/h1-8,15H,9-14,16H2. The van der Waals surface area contributed by atoms with Crippen molar-refractivity contribution in [2.75, 3.05) is 37.7 Å². The second-order valence-corrected chi connectivity index (χ2v) is 7.95. The zero-order valence-corrected chi connectivity index (χ0v) is 18.7. The molecule has 0 atom stereocenters. The van der Waals surface area contributed by atoms with E-state index in [2.05, 4.69) is 10.1 Å². The number of hydrogen-bond donors (Lipinski definition) is 0. The number of esters is 1. The van der Waals surface area contributed by atoms with Gasteiger partial charge < -0.3 is 19.1 Å². The van der Waals surface area contributed by atoms with Crippen LogP contribution in [0, 0.1) is 0 Å². The van der Waals surface area contributed by atoms with E-state index < -0.39 is 24.3 Å². The van der Waals surface area contributed by atoms with E-state index in [1.165, 1.54) is 11.0 Å². The van der Waals surface area contributed by atoms with Gasteiger partial charge >= 0.3 is 12.1 Å². The van der Waals surface area contributed by atoms with Gasteiger partial charge in [-0.15, -0.1) is 0 Å². The Hall–Kier alpha value is -3.89. The van der Waals surface area contributed by atoms with E-state index in [1.54, 1.807) is 11.0 Å². The van der Waals surface area contributed by atoms with Crippen molar-refractivity contribution in [3.05, 3.63) is 66.1 Å². The molecule has 1 saturated heterocycles. The minimum absolute atomic E-state index is 0.0208. The second kappa shape index (κ2) is 10.6. The Morgan fingerprint density at radius 1 is 1.00 bits per heavy atom. The molecule has 2 heterocycles. The second-order valence-electron chi connectivity index (χ2n) is 7.95. The van der Waals surface area contributed by atoms with Gasteiger partial charge in [0, 0.05) is 43.9 Å². The van der Waals surface area contributed by atoms with Gasteiger partial charge in [-0.3, -0.25) is 9.59 Å². The molecule has 184 valence electrons. The third-order valence-electron chi connectivity index (χ3n) is 5.57. The fourth-order valence-corrected chi connectivity index (χ4v) is 3.67. The highest BCUT2D eigenvalue weighted by Gasteiger charge is 2.31. The maximum absolute atomic E-state index is 13.0. The van der Waals surface area contributed by atoms with E-state index in [0.717, 1.165) is 17.7 Å². The van der Waals surface area contributed by atoms with Gasteiger partial charge in [-0.1, -0.05) is 41.6 Å². The molecule has 0 aliphatic carbocycles. The number of alkyl halides is 3. The molecule has 8 nitrogen and oxygen atoms in total. The average Bonchev–Trinajstić information content (AvgIpc) is 3.35. The quantitative estimate of drug-likeness (QED) is 0.470. The summed E-state index contributed by atoms with van der Waals surface area (Å²) in [5, 5.41) is 3.89. The SMILES string of the molecule is O=C(CCc1nc(-c2ccccc2)no1)OCC(=O)N1CCN(c2cccc(C(F)(F)F)c2)CC1. The summed E-state index contributed by atoms with van der Waals surface area (Å²) in [5.74, 6) is -0.210. The maximum Gasteiger partial charge on any atom is 0.416 e. The minimum Gasteiger partial charge on any atom is -0.456 e. The number of aryl methyl sites for hydroxylation is 1. The average molecular weight is 488 g/mol. The van der Waals surface area contributed by atoms with Gasteiger partial charge in [0.15, 0.2) is 6.61 Å². The van der Waals surface area contributed by atoms with Crippen LogP contribution in [0.15, 0.2) is 59.1 Å². The van der Waals surface area contributed by atoms with Gasteiger partial charge in [0.05, 0.1) is 12.0 Å². The third kappa shape index (κ3) is 6.37. The molecule has 0 unspecified atom stereocenters. The minimum atomic E-state index is -4.41. The number of rotatable bonds is 7. The summed E-state index contributed by atoms with van der Waals surface area (Å²) in [5.41, 5.74) is 0.538. The van der Waals surface area contributed by atoms with Gasteiger partial charge in [0.25, 0.3) is 5.91 Å². The number of anilines is 1. The Balaban J connectivity index is 1.19. The highest BCUT2D eigenvalue weighted by atomic mass is 19.4. The fraction of sp³-hybridized carbons (Fsp3) is 0.333. The highest BCUT2D eigenvalue weighted by Crippen LogP contribution is 2.31. The van der Waals surface area contributed by atoms with Crippen LogP contribution in [0.2, 0.25) is 0 Å². The molecule has 4 rings (SSSR count). The van der Waals surface area contributed by atoms with E-state index in [0.29, 0.717) is 37.7 Å². The van der Waals surface area contributed by atoms with Gasteiger partial charge in [0.1, 0.15) is 0 Å². The molecule has 0 radical (unpaired) electrons. The number of carbonyl (C=O) groups excluding carboxylic acids is 2. The van der Waals surface area contributed by atoms with Crippen molar-refractivity contribution >= 4 is 17.6 Å². The number of hydrogen-bond acceptors (Lipinski definition) is 7. The predicted octanol–water partition coefficient (Wildman–Crippen LogP) is 3.58. The van der Waals surface area contributed by atoms with Crippen molar-refractivity contribution < 1.29 is 32.0 Å². The third-order valence-corrected chi connectivity index (χ3v) is 5.57. The largest absolute Gasteiger partial charge is 0.456 e. The van der Waals surface area contributed by atoms with Crippen molar-refractivity contribution in [1.29, 1.82) is 0 Å². The number of benzene rings is 2. The molecule has 3 aromatic rings. The van der Waals surface area contributed by atoms with E-state index in [4.69, 9.17) is 9.26 Å². The van der Waals surface area contributed by atoms with Crippen LogP contribution in [-0.4, -0.2) is 59.7 Å². The Morgan fingerprint density at radius 2 is 1.74 bits per heavy atom. The molecule has 11 heteroatoms. The topological polar surface area (TPSA) is 88.8 Å². The van der Waals surface area contributed by atoms with Gasteiger partial charge in [-0.2, -0.15) is 18.2 Å². The normalized spacial score (nSPS) is 14.1. The van der Waals surface area contributed by atoms with Crippen LogP contribution < -0.4 is 4.90 Å². The molecule has 0 spiro atoms. The number of ether oxygens (including phenoxy) is 1. The lowest BCUT2D eigenvalue weighted by atomic mass is 10.1. The van der Waals surface area contributed by atoms with Gasteiger partial charge in [0.2, 0.25) is 11.7 Å². The predicted molar refractivity (Wildman–Crippen MR) is 119 cm³/mol.